The fourth-order valence-corrected chi connectivity index (χ4v) is 2.10. The summed E-state index contributed by atoms with van der Waals surface area (Å²) in [7, 11) is 0. The highest BCUT2D eigenvalue weighted by Crippen LogP contribution is 2.14. The van der Waals surface area contributed by atoms with Crippen LogP contribution in [0.15, 0.2) is 6.07 Å². The number of hydrogen-bond acceptors (Lipinski definition) is 4. The van der Waals surface area contributed by atoms with Crippen LogP contribution in [0.4, 0.5) is 5.82 Å². The summed E-state index contributed by atoms with van der Waals surface area (Å²) in [4.78, 5) is 23.1. The lowest BCUT2D eigenvalue weighted by atomic mass is 10.2. The molecule has 0 atom stereocenters. The molecule has 0 spiro atoms. The number of hydrogen-bond donors (Lipinski definition) is 1. The normalized spacial score (nSPS) is 10.8. The van der Waals surface area contributed by atoms with E-state index in [-0.39, 0.29) is 5.91 Å². The van der Waals surface area contributed by atoms with Crippen LogP contribution in [0.1, 0.15) is 56.8 Å². The molecule has 1 rings (SSSR count). The molecule has 0 aliphatic rings. The summed E-state index contributed by atoms with van der Waals surface area (Å²) in [5.74, 6) is 1.79. The summed E-state index contributed by atoms with van der Waals surface area (Å²) in [6, 6.07) is 1.80. The predicted molar refractivity (Wildman–Crippen MR) is 86.7 cm³/mol. The van der Waals surface area contributed by atoms with Gasteiger partial charge in [0.15, 0.2) is 0 Å². The molecule has 0 aromatic carbocycles. The number of aryl methyl sites for hydroxylation is 1. The fraction of sp³-hybridized carbons (Fsp3) is 0.688. The van der Waals surface area contributed by atoms with Crippen LogP contribution in [0.5, 0.6) is 0 Å². The number of anilines is 1. The molecule has 0 radical (unpaired) electrons. The minimum Gasteiger partial charge on any atom is -0.357 e. The van der Waals surface area contributed by atoms with Crippen molar-refractivity contribution in [2.24, 2.45) is 5.92 Å². The first kappa shape index (κ1) is 17.4. The lowest BCUT2D eigenvalue weighted by molar-refractivity contribution is 0.0943. The van der Waals surface area contributed by atoms with Crippen LogP contribution in [0.3, 0.4) is 0 Å². The van der Waals surface area contributed by atoms with Crippen molar-refractivity contribution in [3.63, 3.8) is 0 Å². The van der Waals surface area contributed by atoms with Crippen molar-refractivity contribution in [3.05, 3.63) is 17.6 Å². The number of rotatable bonds is 8. The topological polar surface area (TPSA) is 58.1 Å². The summed E-state index contributed by atoms with van der Waals surface area (Å²) in [6.07, 6.45) is 2.11. The molecule has 5 nitrogen and oxygen atoms in total. The van der Waals surface area contributed by atoms with E-state index in [2.05, 4.69) is 47.9 Å². The van der Waals surface area contributed by atoms with Gasteiger partial charge in [0, 0.05) is 25.7 Å². The van der Waals surface area contributed by atoms with Crippen molar-refractivity contribution in [1.29, 1.82) is 0 Å². The van der Waals surface area contributed by atoms with Gasteiger partial charge in [0.2, 0.25) is 0 Å². The van der Waals surface area contributed by atoms with E-state index in [4.69, 9.17) is 0 Å². The second-order valence-electron chi connectivity index (χ2n) is 5.75. The number of carbonyl (C=O) groups excluding carboxylic acids is 1. The van der Waals surface area contributed by atoms with Gasteiger partial charge in [-0.2, -0.15) is 0 Å². The zero-order valence-electron chi connectivity index (χ0n) is 13.9. The highest BCUT2D eigenvalue weighted by Gasteiger charge is 2.14. The smallest absolute Gasteiger partial charge is 0.270 e. The van der Waals surface area contributed by atoms with Crippen molar-refractivity contribution >= 4 is 11.7 Å². The van der Waals surface area contributed by atoms with Crippen molar-refractivity contribution in [2.75, 3.05) is 24.5 Å². The third-order valence-electron chi connectivity index (χ3n) is 3.04. The maximum atomic E-state index is 12.2. The molecule has 0 saturated heterocycles. The molecule has 1 heterocycles. The maximum Gasteiger partial charge on any atom is 0.270 e. The maximum absolute atomic E-state index is 12.2. The van der Waals surface area contributed by atoms with E-state index in [0.29, 0.717) is 24.0 Å². The monoisotopic (exact) mass is 292 g/mol. The second-order valence-corrected chi connectivity index (χ2v) is 5.75. The third-order valence-corrected chi connectivity index (χ3v) is 3.04. The van der Waals surface area contributed by atoms with Crippen LogP contribution in [-0.2, 0) is 0 Å². The van der Waals surface area contributed by atoms with Crippen LogP contribution < -0.4 is 10.2 Å². The molecule has 1 aromatic rings. The Morgan fingerprint density at radius 1 is 1.24 bits per heavy atom. The fourth-order valence-electron chi connectivity index (χ4n) is 2.10. The molecule has 0 aliphatic heterocycles. The van der Waals surface area contributed by atoms with Gasteiger partial charge in [0.05, 0.1) is 0 Å². The summed E-state index contributed by atoms with van der Waals surface area (Å²) in [5.41, 5.74) is 0.454. The van der Waals surface area contributed by atoms with Crippen molar-refractivity contribution in [2.45, 2.75) is 47.5 Å². The minimum absolute atomic E-state index is 0.122. The second kappa shape index (κ2) is 8.60. The molecule has 0 unspecified atom stereocenters. The Morgan fingerprint density at radius 2 is 1.86 bits per heavy atom. The van der Waals surface area contributed by atoms with Gasteiger partial charge < -0.3 is 10.2 Å². The molecule has 0 aliphatic carbocycles. The van der Waals surface area contributed by atoms with Gasteiger partial charge in [-0.05, 0) is 25.7 Å². The van der Waals surface area contributed by atoms with Crippen molar-refractivity contribution < 1.29 is 4.79 Å². The van der Waals surface area contributed by atoms with Gasteiger partial charge in [-0.3, -0.25) is 4.79 Å². The molecule has 1 aromatic heterocycles. The number of nitrogens with one attached hydrogen (secondary N) is 1. The van der Waals surface area contributed by atoms with E-state index in [1.54, 1.807) is 6.07 Å². The summed E-state index contributed by atoms with van der Waals surface area (Å²) in [5, 5.41) is 2.91. The van der Waals surface area contributed by atoms with E-state index >= 15 is 0 Å². The molecular weight excluding hydrogens is 264 g/mol. The van der Waals surface area contributed by atoms with Gasteiger partial charge in [-0.1, -0.05) is 27.7 Å². The number of carbonyl (C=O) groups is 1. The first-order valence-corrected chi connectivity index (χ1v) is 7.86. The Kier molecular flexibility index (Phi) is 7.12. The first-order valence-electron chi connectivity index (χ1n) is 7.86. The number of aromatic nitrogens is 2. The van der Waals surface area contributed by atoms with E-state index in [1.165, 1.54) is 0 Å². The number of nitrogens with zero attached hydrogens (tertiary/aromatic N) is 3. The van der Waals surface area contributed by atoms with Gasteiger partial charge in [-0.15, -0.1) is 0 Å². The molecule has 0 fully saturated rings. The Morgan fingerprint density at radius 3 is 2.38 bits per heavy atom. The largest absolute Gasteiger partial charge is 0.357 e. The van der Waals surface area contributed by atoms with E-state index in [1.807, 2.05) is 6.92 Å². The van der Waals surface area contributed by atoms with Crippen LogP contribution in [0, 0.1) is 12.8 Å². The molecule has 1 N–H and O–H groups in total. The average Bonchev–Trinajstić information content (AvgIpc) is 2.43. The zero-order valence-corrected chi connectivity index (χ0v) is 13.9. The first-order chi connectivity index (χ1) is 9.97. The van der Waals surface area contributed by atoms with E-state index < -0.39 is 0 Å². The molecular formula is C16H28N4O. The van der Waals surface area contributed by atoms with E-state index in [9.17, 15) is 4.79 Å². The van der Waals surface area contributed by atoms with Crippen LogP contribution in [-0.4, -0.2) is 35.5 Å². The minimum atomic E-state index is -0.122. The summed E-state index contributed by atoms with van der Waals surface area (Å²) in [6.45, 7) is 12.8. The lowest BCUT2D eigenvalue weighted by Crippen LogP contribution is -2.30. The van der Waals surface area contributed by atoms with Gasteiger partial charge in [0.1, 0.15) is 17.3 Å². The highest BCUT2D eigenvalue weighted by molar-refractivity contribution is 5.92. The van der Waals surface area contributed by atoms with Gasteiger partial charge in [-0.25, -0.2) is 9.97 Å². The molecule has 5 heteroatoms. The van der Waals surface area contributed by atoms with E-state index in [0.717, 1.165) is 31.7 Å². The molecule has 1 amide bonds. The standard InChI is InChI=1S/C16H28N4O/c1-6-8-20(9-7-2)15-10-14(18-13(5)19-15)16(21)17-11-12(3)4/h10,12H,6-9,11H2,1-5H3,(H,17,21). The summed E-state index contributed by atoms with van der Waals surface area (Å²) >= 11 is 0. The molecule has 118 valence electrons. The predicted octanol–water partition coefficient (Wildman–Crippen LogP) is 2.80. The van der Waals surface area contributed by atoms with Crippen molar-refractivity contribution in [1.82, 2.24) is 15.3 Å². The quantitative estimate of drug-likeness (QED) is 0.800. The van der Waals surface area contributed by atoms with Crippen LogP contribution in [0.25, 0.3) is 0 Å². The Balaban J connectivity index is 2.94. The average molecular weight is 292 g/mol. The van der Waals surface area contributed by atoms with Gasteiger partial charge >= 0.3 is 0 Å². The molecule has 0 bridgehead atoms. The van der Waals surface area contributed by atoms with Crippen LogP contribution >= 0.6 is 0 Å². The molecule has 0 saturated carbocycles. The van der Waals surface area contributed by atoms with Crippen LogP contribution in [0.2, 0.25) is 0 Å². The zero-order chi connectivity index (χ0) is 15.8. The van der Waals surface area contributed by atoms with Gasteiger partial charge in [0.25, 0.3) is 5.91 Å². The Labute approximate surface area is 128 Å². The Bertz CT molecular complexity index is 454. The highest BCUT2D eigenvalue weighted by atomic mass is 16.1. The lowest BCUT2D eigenvalue weighted by Gasteiger charge is -2.23. The number of amides is 1. The van der Waals surface area contributed by atoms with Crippen molar-refractivity contribution in [3.8, 4) is 0 Å². The SMILES string of the molecule is CCCN(CCC)c1cc(C(=O)NCC(C)C)nc(C)n1. The molecule has 21 heavy (non-hydrogen) atoms. The summed E-state index contributed by atoms with van der Waals surface area (Å²) < 4.78 is 0. The third kappa shape index (κ3) is 5.69. The Hall–Kier alpha value is -1.65.